The van der Waals surface area contributed by atoms with Gasteiger partial charge in [-0.25, -0.2) is 0 Å². The van der Waals surface area contributed by atoms with Crippen molar-refractivity contribution in [3.05, 3.63) is 0 Å². The molecule has 1 saturated heterocycles. The Morgan fingerprint density at radius 1 is 1.40 bits per heavy atom. The van der Waals surface area contributed by atoms with Gasteiger partial charge in [-0.05, 0) is 26.3 Å². The Balaban J connectivity index is 2.92. The Morgan fingerprint density at radius 3 is 2.25 bits per heavy atom. The number of likely N-dealkylation sites (N-methyl/N-ethyl adjacent to an activating group) is 1. The van der Waals surface area contributed by atoms with Crippen LogP contribution in [0.1, 0.15) is 41.0 Å². The molecule has 1 aliphatic heterocycles. The second-order valence-electron chi connectivity index (χ2n) is 7.27. The van der Waals surface area contributed by atoms with Crippen molar-refractivity contribution in [2.75, 3.05) is 13.3 Å². The van der Waals surface area contributed by atoms with E-state index in [1.165, 1.54) is 4.90 Å². The first-order chi connectivity index (χ1) is 8.74. The van der Waals surface area contributed by atoms with Crippen molar-refractivity contribution in [1.29, 1.82) is 0 Å². The quantitative estimate of drug-likeness (QED) is 0.683. The predicted octanol–water partition coefficient (Wildman–Crippen LogP) is 1.40. The summed E-state index contributed by atoms with van der Waals surface area (Å²) in [5.74, 6) is 0. The lowest BCUT2D eigenvalue weighted by Gasteiger charge is -2.51. The van der Waals surface area contributed by atoms with E-state index in [-0.39, 0.29) is 23.9 Å². The van der Waals surface area contributed by atoms with Crippen LogP contribution in [0, 0.1) is 5.41 Å². The van der Waals surface area contributed by atoms with Crippen molar-refractivity contribution in [1.82, 2.24) is 4.90 Å². The summed E-state index contributed by atoms with van der Waals surface area (Å²) in [5, 5.41) is 10.7. The lowest BCUT2D eigenvalue weighted by Crippen LogP contribution is -2.63. The van der Waals surface area contributed by atoms with Gasteiger partial charge in [0.15, 0.2) is 0 Å². The maximum atomic E-state index is 11.2. The molecule has 0 aromatic carbocycles. The van der Waals surface area contributed by atoms with Crippen LogP contribution in [-0.4, -0.2) is 57.0 Å². The normalized spacial score (nSPS) is 36.4. The van der Waals surface area contributed by atoms with Gasteiger partial charge in [-0.2, -0.15) is 0 Å². The Labute approximate surface area is 121 Å². The van der Waals surface area contributed by atoms with Crippen LogP contribution in [0.3, 0.4) is 0 Å². The minimum atomic E-state index is -4.16. The van der Waals surface area contributed by atoms with Gasteiger partial charge in [-0.15, -0.1) is 0 Å². The topological polar surface area (TPSA) is 90.2 Å². The summed E-state index contributed by atoms with van der Waals surface area (Å²) in [6.45, 7) is 9.72. The van der Waals surface area contributed by atoms with E-state index in [4.69, 9.17) is 14.5 Å². The number of ether oxygens (including phenoxy) is 1. The summed E-state index contributed by atoms with van der Waals surface area (Å²) in [6.07, 6.45) is -0.342. The van der Waals surface area contributed by atoms with Crippen LogP contribution in [0.5, 0.6) is 0 Å². The van der Waals surface area contributed by atoms with Crippen LogP contribution in [0.2, 0.25) is 0 Å². The zero-order valence-electron chi connectivity index (χ0n) is 13.2. The minimum absolute atomic E-state index is 0.0905. The summed E-state index contributed by atoms with van der Waals surface area (Å²) in [5.41, 5.74) is -1.15. The van der Waals surface area contributed by atoms with Gasteiger partial charge in [-0.1, -0.05) is 20.8 Å². The molecule has 1 rings (SSSR count). The molecule has 0 bridgehead atoms. The fourth-order valence-corrected chi connectivity index (χ4v) is 3.86. The van der Waals surface area contributed by atoms with Crippen LogP contribution in [0.25, 0.3) is 0 Å². The third kappa shape index (κ3) is 4.52. The lowest BCUT2D eigenvalue weighted by atomic mass is 9.75. The lowest BCUT2D eigenvalue weighted by molar-refractivity contribution is -0.200. The minimum Gasteiger partial charge on any atom is -0.388 e. The van der Waals surface area contributed by atoms with Crippen LogP contribution >= 0.6 is 7.60 Å². The Morgan fingerprint density at radius 2 is 1.90 bits per heavy atom. The van der Waals surface area contributed by atoms with E-state index in [0.29, 0.717) is 6.42 Å². The largest absolute Gasteiger partial charge is 0.388 e. The van der Waals surface area contributed by atoms with E-state index >= 15 is 0 Å². The molecule has 1 heterocycles. The molecule has 0 radical (unpaired) electrons. The van der Waals surface area contributed by atoms with Crippen LogP contribution in [-0.2, 0) is 9.30 Å². The maximum absolute atomic E-state index is 11.2. The summed E-state index contributed by atoms with van der Waals surface area (Å²) in [7, 11) is -2.55. The summed E-state index contributed by atoms with van der Waals surface area (Å²) < 4.78 is 17.1. The van der Waals surface area contributed by atoms with Gasteiger partial charge in [0, 0.05) is 6.42 Å². The first-order valence-electron chi connectivity index (χ1n) is 6.87. The van der Waals surface area contributed by atoms with E-state index in [9.17, 15) is 9.67 Å². The summed E-state index contributed by atoms with van der Waals surface area (Å²) in [4.78, 5) is 19.7. The van der Waals surface area contributed by atoms with E-state index in [0.717, 1.165) is 0 Å². The number of hydrogen-bond donors (Lipinski definition) is 3. The first-order valence-corrected chi connectivity index (χ1v) is 8.66. The smallest absolute Gasteiger partial charge is 0.339 e. The summed E-state index contributed by atoms with van der Waals surface area (Å²) >= 11 is 0. The SMILES string of the molecule is CC1OC(C(C)(C)C)CC(C)(O)C1N(C)CP(=O)(O)O. The van der Waals surface area contributed by atoms with Crippen molar-refractivity contribution < 1.29 is 24.2 Å². The maximum Gasteiger partial charge on any atom is 0.339 e. The highest BCUT2D eigenvalue weighted by molar-refractivity contribution is 7.51. The van der Waals surface area contributed by atoms with Crippen LogP contribution < -0.4 is 0 Å². The standard InChI is InChI=1S/C13H28NO5P/c1-9-11(14(6)8-20(16,17)18)13(5,15)7-10(19-9)12(2,3)4/h9-11,15H,7-8H2,1-6H3,(H2,16,17,18). The van der Waals surface area contributed by atoms with Crippen molar-refractivity contribution >= 4 is 7.60 Å². The molecule has 0 aliphatic carbocycles. The highest BCUT2D eigenvalue weighted by atomic mass is 31.2. The molecule has 20 heavy (non-hydrogen) atoms. The van der Waals surface area contributed by atoms with Crippen LogP contribution in [0.15, 0.2) is 0 Å². The van der Waals surface area contributed by atoms with Gasteiger partial charge in [0.2, 0.25) is 0 Å². The molecule has 0 aromatic rings. The fraction of sp³-hybridized carbons (Fsp3) is 1.00. The molecule has 4 atom stereocenters. The monoisotopic (exact) mass is 309 g/mol. The van der Waals surface area contributed by atoms with E-state index in [1.807, 2.05) is 6.92 Å². The zero-order valence-corrected chi connectivity index (χ0v) is 14.1. The van der Waals surface area contributed by atoms with Crippen molar-refractivity contribution in [2.45, 2.75) is 64.9 Å². The molecule has 120 valence electrons. The van der Waals surface area contributed by atoms with Crippen LogP contribution in [0.4, 0.5) is 0 Å². The number of nitrogens with zero attached hydrogens (tertiary/aromatic N) is 1. The van der Waals surface area contributed by atoms with Gasteiger partial charge in [0.1, 0.15) is 6.29 Å². The van der Waals surface area contributed by atoms with Gasteiger partial charge < -0.3 is 19.6 Å². The molecular weight excluding hydrogens is 281 g/mol. The van der Waals surface area contributed by atoms with E-state index in [2.05, 4.69) is 20.8 Å². The third-order valence-electron chi connectivity index (χ3n) is 3.91. The van der Waals surface area contributed by atoms with Gasteiger partial charge in [-0.3, -0.25) is 9.46 Å². The first kappa shape index (κ1) is 18.1. The molecule has 7 heteroatoms. The van der Waals surface area contributed by atoms with Crippen molar-refractivity contribution in [3.63, 3.8) is 0 Å². The third-order valence-corrected chi connectivity index (χ3v) is 4.72. The molecular formula is C13H28NO5P. The van der Waals surface area contributed by atoms with Gasteiger partial charge >= 0.3 is 7.60 Å². The average Bonchev–Trinajstić information content (AvgIpc) is 2.09. The summed E-state index contributed by atoms with van der Waals surface area (Å²) in [6, 6.07) is -0.450. The second-order valence-corrected chi connectivity index (χ2v) is 8.88. The molecule has 0 amide bonds. The fourth-order valence-electron chi connectivity index (χ4n) is 3.11. The van der Waals surface area contributed by atoms with Crippen molar-refractivity contribution in [2.24, 2.45) is 5.41 Å². The van der Waals surface area contributed by atoms with Gasteiger partial charge in [0.05, 0.1) is 23.9 Å². The molecule has 0 spiro atoms. The molecule has 3 N–H and O–H groups in total. The molecule has 1 aliphatic rings. The predicted molar refractivity (Wildman–Crippen MR) is 77.5 cm³/mol. The Kier molecular flexibility index (Phi) is 5.13. The zero-order chi connectivity index (χ0) is 15.9. The van der Waals surface area contributed by atoms with Crippen molar-refractivity contribution in [3.8, 4) is 0 Å². The average molecular weight is 309 g/mol. The number of aliphatic hydroxyl groups is 1. The second kappa shape index (κ2) is 5.67. The van der Waals surface area contributed by atoms with E-state index in [1.54, 1.807) is 14.0 Å². The highest BCUT2D eigenvalue weighted by Crippen LogP contribution is 2.42. The van der Waals surface area contributed by atoms with Gasteiger partial charge in [0.25, 0.3) is 0 Å². The molecule has 4 unspecified atom stereocenters. The Bertz CT molecular complexity index is 387. The number of rotatable bonds is 3. The molecule has 0 aromatic heterocycles. The molecule has 0 saturated carbocycles. The molecule has 6 nitrogen and oxygen atoms in total. The highest BCUT2D eigenvalue weighted by Gasteiger charge is 2.49. The molecule has 1 fully saturated rings. The van der Waals surface area contributed by atoms with E-state index < -0.39 is 19.2 Å². The Hall–Kier alpha value is 0.0300. The number of hydrogen-bond acceptors (Lipinski definition) is 4.